The number of rotatable bonds is 4. The number of benzene rings is 1. The Balaban J connectivity index is 2.01. The summed E-state index contributed by atoms with van der Waals surface area (Å²) in [5.41, 5.74) is 7.71. The SMILES string of the molecule is CN(CC1CCCCO1)c1ccc(CN)cc1Cl. The minimum Gasteiger partial charge on any atom is -0.376 e. The molecule has 18 heavy (non-hydrogen) atoms. The van der Waals surface area contributed by atoms with Gasteiger partial charge in [0.25, 0.3) is 0 Å². The normalized spacial score (nSPS) is 19.8. The van der Waals surface area contributed by atoms with Gasteiger partial charge in [-0.15, -0.1) is 0 Å². The number of nitrogens with zero attached hydrogens (tertiary/aromatic N) is 1. The number of hydrogen-bond acceptors (Lipinski definition) is 3. The number of hydrogen-bond donors (Lipinski definition) is 1. The molecule has 4 heteroatoms. The van der Waals surface area contributed by atoms with Gasteiger partial charge in [0.2, 0.25) is 0 Å². The molecule has 1 aromatic carbocycles. The van der Waals surface area contributed by atoms with Gasteiger partial charge < -0.3 is 15.4 Å². The molecule has 1 fully saturated rings. The van der Waals surface area contributed by atoms with Crippen molar-refractivity contribution in [2.24, 2.45) is 5.73 Å². The Kier molecular flexibility index (Phi) is 4.87. The Morgan fingerprint density at radius 2 is 2.28 bits per heavy atom. The number of halogens is 1. The van der Waals surface area contributed by atoms with Crippen molar-refractivity contribution in [3.63, 3.8) is 0 Å². The highest BCUT2D eigenvalue weighted by atomic mass is 35.5. The van der Waals surface area contributed by atoms with Crippen molar-refractivity contribution in [2.75, 3.05) is 25.1 Å². The number of nitrogens with two attached hydrogens (primary N) is 1. The van der Waals surface area contributed by atoms with Gasteiger partial charge in [0.15, 0.2) is 0 Å². The molecule has 1 heterocycles. The maximum Gasteiger partial charge on any atom is 0.0749 e. The van der Waals surface area contributed by atoms with Crippen molar-refractivity contribution < 1.29 is 4.74 Å². The summed E-state index contributed by atoms with van der Waals surface area (Å²) in [6.45, 7) is 2.30. The van der Waals surface area contributed by atoms with Crippen LogP contribution in [0.15, 0.2) is 18.2 Å². The van der Waals surface area contributed by atoms with Crippen LogP contribution in [0.1, 0.15) is 24.8 Å². The largest absolute Gasteiger partial charge is 0.376 e. The van der Waals surface area contributed by atoms with Crippen LogP contribution in [-0.4, -0.2) is 26.3 Å². The lowest BCUT2D eigenvalue weighted by molar-refractivity contribution is 0.0216. The summed E-state index contributed by atoms with van der Waals surface area (Å²) >= 11 is 6.28. The molecule has 100 valence electrons. The molecule has 3 nitrogen and oxygen atoms in total. The molecule has 2 N–H and O–H groups in total. The summed E-state index contributed by atoms with van der Waals surface area (Å²) in [4.78, 5) is 2.17. The second-order valence-corrected chi connectivity index (χ2v) is 5.27. The summed E-state index contributed by atoms with van der Waals surface area (Å²) in [5, 5.41) is 0.760. The lowest BCUT2D eigenvalue weighted by Crippen LogP contribution is -2.33. The first-order valence-electron chi connectivity index (χ1n) is 6.52. The van der Waals surface area contributed by atoms with Crippen LogP contribution in [0.5, 0.6) is 0 Å². The van der Waals surface area contributed by atoms with Gasteiger partial charge in [-0.1, -0.05) is 17.7 Å². The molecule has 0 saturated carbocycles. The third-order valence-corrected chi connectivity index (χ3v) is 3.71. The zero-order chi connectivity index (χ0) is 13.0. The van der Waals surface area contributed by atoms with E-state index in [1.54, 1.807) is 0 Å². The van der Waals surface area contributed by atoms with Crippen LogP contribution in [0, 0.1) is 0 Å². The summed E-state index contributed by atoms with van der Waals surface area (Å²) in [6, 6.07) is 6.00. The van der Waals surface area contributed by atoms with E-state index in [1.807, 2.05) is 18.2 Å². The van der Waals surface area contributed by atoms with Gasteiger partial charge in [-0.2, -0.15) is 0 Å². The maximum absolute atomic E-state index is 6.28. The topological polar surface area (TPSA) is 38.5 Å². The fourth-order valence-corrected chi connectivity index (χ4v) is 2.69. The maximum atomic E-state index is 6.28. The molecule has 0 bridgehead atoms. The molecule has 0 spiro atoms. The smallest absolute Gasteiger partial charge is 0.0749 e. The molecule has 0 radical (unpaired) electrons. The molecule has 2 rings (SSSR count). The summed E-state index contributed by atoms with van der Waals surface area (Å²) in [6.07, 6.45) is 3.92. The molecule has 1 aliphatic heterocycles. The highest BCUT2D eigenvalue weighted by molar-refractivity contribution is 6.33. The van der Waals surface area contributed by atoms with Gasteiger partial charge in [0.1, 0.15) is 0 Å². The third kappa shape index (κ3) is 3.37. The standard InChI is InChI=1S/C14H21ClN2O/c1-17(10-12-4-2-3-7-18-12)14-6-5-11(9-16)8-13(14)15/h5-6,8,12H,2-4,7,9-10,16H2,1H3. The third-order valence-electron chi connectivity index (χ3n) is 3.41. The van der Waals surface area contributed by atoms with Crippen LogP contribution >= 0.6 is 11.6 Å². The van der Waals surface area contributed by atoms with Crippen molar-refractivity contribution in [1.29, 1.82) is 0 Å². The van der Waals surface area contributed by atoms with E-state index < -0.39 is 0 Å². The van der Waals surface area contributed by atoms with Gasteiger partial charge in [0, 0.05) is 26.7 Å². The van der Waals surface area contributed by atoms with Crippen LogP contribution in [0.4, 0.5) is 5.69 Å². The second kappa shape index (κ2) is 6.41. The van der Waals surface area contributed by atoms with Gasteiger partial charge in [-0.05, 0) is 37.0 Å². The molecular weight excluding hydrogens is 248 g/mol. The lowest BCUT2D eigenvalue weighted by atomic mass is 10.1. The van der Waals surface area contributed by atoms with E-state index >= 15 is 0 Å². The summed E-state index contributed by atoms with van der Waals surface area (Å²) in [5.74, 6) is 0. The van der Waals surface area contributed by atoms with E-state index in [9.17, 15) is 0 Å². The second-order valence-electron chi connectivity index (χ2n) is 4.86. The molecule has 0 aromatic heterocycles. The van der Waals surface area contributed by atoms with Crippen LogP contribution < -0.4 is 10.6 Å². The molecule has 1 aromatic rings. The van der Waals surface area contributed by atoms with Gasteiger partial charge in [-0.25, -0.2) is 0 Å². The first-order valence-corrected chi connectivity index (χ1v) is 6.89. The van der Waals surface area contributed by atoms with Gasteiger partial charge in [-0.3, -0.25) is 0 Å². The number of likely N-dealkylation sites (N-methyl/N-ethyl adjacent to an activating group) is 1. The Hall–Kier alpha value is -0.770. The van der Waals surface area contributed by atoms with Crippen molar-refractivity contribution in [2.45, 2.75) is 31.9 Å². The molecule has 1 unspecified atom stereocenters. The predicted molar refractivity (Wildman–Crippen MR) is 76.2 cm³/mol. The molecule has 0 aliphatic carbocycles. The lowest BCUT2D eigenvalue weighted by Gasteiger charge is -2.29. The predicted octanol–water partition coefficient (Wildman–Crippen LogP) is 2.80. The zero-order valence-electron chi connectivity index (χ0n) is 10.9. The van der Waals surface area contributed by atoms with Crippen LogP contribution in [-0.2, 0) is 11.3 Å². The van der Waals surface area contributed by atoms with E-state index in [1.165, 1.54) is 12.8 Å². The Morgan fingerprint density at radius 1 is 1.44 bits per heavy atom. The minimum atomic E-state index is 0.328. The highest BCUT2D eigenvalue weighted by Crippen LogP contribution is 2.27. The average Bonchev–Trinajstić information content (AvgIpc) is 2.39. The van der Waals surface area contributed by atoms with E-state index in [4.69, 9.17) is 22.1 Å². The molecule has 0 amide bonds. The number of anilines is 1. The van der Waals surface area contributed by atoms with Crippen LogP contribution in [0.2, 0.25) is 5.02 Å². The van der Waals surface area contributed by atoms with Gasteiger partial charge in [0.05, 0.1) is 16.8 Å². The fourth-order valence-electron chi connectivity index (χ4n) is 2.34. The fraction of sp³-hybridized carbons (Fsp3) is 0.571. The average molecular weight is 269 g/mol. The quantitative estimate of drug-likeness (QED) is 0.913. The highest BCUT2D eigenvalue weighted by Gasteiger charge is 2.17. The molecular formula is C14H21ClN2O. The summed E-state index contributed by atoms with van der Waals surface area (Å²) < 4.78 is 5.75. The Labute approximate surface area is 114 Å². The van der Waals surface area contributed by atoms with Gasteiger partial charge >= 0.3 is 0 Å². The van der Waals surface area contributed by atoms with E-state index in [0.717, 1.165) is 35.8 Å². The number of ether oxygens (including phenoxy) is 1. The zero-order valence-corrected chi connectivity index (χ0v) is 11.6. The van der Waals surface area contributed by atoms with Crippen molar-refractivity contribution in [3.8, 4) is 0 Å². The molecule has 1 saturated heterocycles. The van der Waals surface area contributed by atoms with Crippen LogP contribution in [0.25, 0.3) is 0 Å². The Morgan fingerprint density at radius 3 is 2.89 bits per heavy atom. The molecule has 1 atom stereocenters. The van der Waals surface area contributed by atoms with E-state index in [-0.39, 0.29) is 0 Å². The summed E-state index contributed by atoms with van der Waals surface area (Å²) in [7, 11) is 2.06. The van der Waals surface area contributed by atoms with Crippen molar-refractivity contribution in [1.82, 2.24) is 0 Å². The van der Waals surface area contributed by atoms with Crippen molar-refractivity contribution in [3.05, 3.63) is 28.8 Å². The first kappa shape index (κ1) is 13.7. The van der Waals surface area contributed by atoms with E-state index in [2.05, 4.69) is 11.9 Å². The van der Waals surface area contributed by atoms with Crippen molar-refractivity contribution >= 4 is 17.3 Å². The van der Waals surface area contributed by atoms with Crippen LogP contribution in [0.3, 0.4) is 0 Å². The first-order chi connectivity index (χ1) is 8.70. The monoisotopic (exact) mass is 268 g/mol. The molecule has 1 aliphatic rings. The minimum absolute atomic E-state index is 0.328. The Bertz CT molecular complexity index is 391. The van der Waals surface area contributed by atoms with E-state index in [0.29, 0.717) is 12.6 Å².